The topological polar surface area (TPSA) is 50.4 Å². The molecule has 2 heterocycles. The summed E-state index contributed by atoms with van der Waals surface area (Å²) in [6.45, 7) is 0. The van der Waals surface area contributed by atoms with Crippen LogP contribution in [0.25, 0.3) is 0 Å². The standard InChI is InChI=1S/C25H25ClO3S/c26-19-9-5-16(6-10-19)13-18(12-15-3-4-15)21-14-20(27)24(25(28)29-21)23(17-7-8-17)22-2-1-11-30-22/h1-2,5-6,9-11,14-15,17-18,23,27H,3-4,7-8,12-13H2. The molecule has 0 amide bonds. The Labute approximate surface area is 185 Å². The highest BCUT2D eigenvalue weighted by Crippen LogP contribution is 2.49. The van der Waals surface area contributed by atoms with E-state index in [0.29, 0.717) is 28.2 Å². The lowest BCUT2D eigenvalue weighted by Crippen LogP contribution is -2.17. The van der Waals surface area contributed by atoms with Crippen LogP contribution in [0.3, 0.4) is 0 Å². The van der Waals surface area contributed by atoms with Crippen LogP contribution in [-0.2, 0) is 6.42 Å². The third-order valence-electron chi connectivity index (χ3n) is 6.35. The number of hydrogen-bond acceptors (Lipinski definition) is 4. The van der Waals surface area contributed by atoms with Gasteiger partial charge in [0, 0.05) is 27.8 Å². The van der Waals surface area contributed by atoms with Crippen LogP contribution in [0.15, 0.2) is 57.1 Å². The van der Waals surface area contributed by atoms with Gasteiger partial charge in [-0.15, -0.1) is 11.3 Å². The molecule has 156 valence electrons. The molecule has 2 aliphatic carbocycles. The summed E-state index contributed by atoms with van der Waals surface area (Å²) in [6, 6.07) is 13.6. The van der Waals surface area contributed by atoms with Gasteiger partial charge in [0.05, 0.1) is 5.56 Å². The second-order valence-electron chi connectivity index (χ2n) is 8.77. The van der Waals surface area contributed by atoms with Crippen LogP contribution >= 0.6 is 22.9 Å². The Hall–Kier alpha value is -2.04. The van der Waals surface area contributed by atoms with Gasteiger partial charge in [-0.3, -0.25) is 0 Å². The Morgan fingerprint density at radius 2 is 1.90 bits per heavy atom. The molecule has 2 saturated carbocycles. The maximum atomic E-state index is 13.1. The molecule has 1 N–H and O–H groups in total. The van der Waals surface area contributed by atoms with E-state index >= 15 is 0 Å². The van der Waals surface area contributed by atoms with Gasteiger partial charge in [0.15, 0.2) is 0 Å². The molecule has 0 radical (unpaired) electrons. The van der Waals surface area contributed by atoms with E-state index in [2.05, 4.69) is 6.07 Å². The molecule has 2 unspecified atom stereocenters. The quantitative estimate of drug-likeness (QED) is 0.422. The van der Waals surface area contributed by atoms with Crippen molar-refractivity contribution in [2.75, 3.05) is 0 Å². The fourth-order valence-electron chi connectivity index (χ4n) is 4.47. The first-order chi connectivity index (χ1) is 14.6. The molecule has 0 bridgehead atoms. The van der Waals surface area contributed by atoms with Crippen LogP contribution in [-0.4, -0.2) is 5.11 Å². The molecule has 0 spiro atoms. The van der Waals surface area contributed by atoms with Crippen LogP contribution in [0.2, 0.25) is 5.02 Å². The van der Waals surface area contributed by atoms with Crippen LogP contribution < -0.4 is 5.63 Å². The van der Waals surface area contributed by atoms with Gasteiger partial charge in [0.2, 0.25) is 0 Å². The highest BCUT2D eigenvalue weighted by Gasteiger charge is 2.38. The molecule has 3 nitrogen and oxygen atoms in total. The van der Waals surface area contributed by atoms with Gasteiger partial charge in [-0.2, -0.15) is 0 Å². The van der Waals surface area contributed by atoms with Crippen LogP contribution in [0.4, 0.5) is 0 Å². The zero-order chi connectivity index (χ0) is 20.7. The van der Waals surface area contributed by atoms with E-state index in [0.717, 1.165) is 36.1 Å². The zero-order valence-corrected chi connectivity index (χ0v) is 18.3. The summed E-state index contributed by atoms with van der Waals surface area (Å²) in [6.07, 6.45) is 6.38. The summed E-state index contributed by atoms with van der Waals surface area (Å²) < 4.78 is 5.90. The Morgan fingerprint density at radius 1 is 1.13 bits per heavy atom. The first-order valence-electron chi connectivity index (χ1n) is 10.7. The SMILES string of the molecule is O=c1oc(C(Cc2ccc(Cl)cc2)CC2CC2)cc(O)c1C(c1cccs1)C1CC1. The summed E-state index contributed by atoms with van der Waals surface area (Å²) in [5.41, 5.74) is 1.21. The van der Waals surface area contributed by atoms with Crippen molar-refractivity contribution in [2.45, 2.75) is 50.4 Å². The minimum Gasteiger partial charge on any atom is -0.507 e. The van der Waals surface area contributed by atoms with Crippen molar-refractivity contribution in [3.63, 3.8) is 0 Å². The van der Waals surface area contributed by atoms with E-state index in [1.807, 2.05) is 35.7 Å². The van der Waals surface area contributed by atoms with Gasteiger partial charge in [-0.05, 0) is 66.7 Å². The van der Waals surface area contributed by atoms with Gasteiger partial charge in [-0.25, -0.2) is 4.79 Å². The average Bonchev–Trinajstić information content (AvgIpc) is 3.65. The highest BCUT2D eigenvalue weighted by molar-refractivity contribution is 7.10. The van der Waals surface area contributed by atoms with Gasteiger partial charge in [0.1, 0.15) is 11.5 Å². The third kappa shape index (κ3) is 4.35. The molecule has 3 aromatic rings. The van der Waals surface area contributed by atoms with Gasteiger partial charge in [-0.1, -0.05) is 42.6 Å². The Balaban J connectivity index is 1.48. The molecule has 1 aromatic carbocycles. The predicted molar refractivity (Wildman–Crippen MR) is 121 cm³/mol. The van der Waals surface area contributed by atoms with Crippen molar-refractivity contribution < 1.29 is 9.52 Å². The summed E-state index contributed by atoms with van der Waals surface area (Å²) in [4.78, 5) is 14.2. The number of rotatable bonds is 8. The van der Waals surface area contributed by atoms with Crippen molar-refractivity contribution in [1.29, 1.82) is 0 Å². The molecule has 5 rings (SSSR count). The predicted octanol–water partition coefficient (Wildman–Crippen LogP) is 6.73. The molecular weight excluding hydrogens is 416 g/mol. The molecule has 2 atom stereocenters. The van der Waals surface area contributed by atoms with Gasteiger partial charge in [0.25, 0.3) is 0 Å². The van der Waals surface area contributed by atoms with Crippen molar-refractivity contribution in [3.8, 4) is 5.75 Å². The Bertz CT molecular complexity index is 1060. The second kappa shape index (κ2) is 8.24. The normalized spacial score (nSPS) is 18.3. The van der Waals surface area contributed by atoms with Crippen LogP contribution in [0.5, 0.6) is 5.75 Å². The first kappa shape index (κ1) is 19.9. The monoisotopic (exact) mass is 440 g/mol. The van der Waals surface area contributed by atoms with Crippen molar-refractivity contribution in [2.24, 2.45) is 11.8 Å². The van der Waals surface area contributed by atoms with Gasteiger partial charge >= 0.3 is 5.63 Å². The van der Waals surface area contributed by atoms with Crippen molar-refractivity contribution in [1.82, 2.24) is 0 Å². The van der Waals surface area contributed by atoms with E-state index in [1.54, 1.807) is 17.4 Å². The van der Waals surface area contributed by atoms with Crippen molar-refractivity contribution >= 4 is 22.9 Å². The van der Waals surface area contributed by atoms with E-state index in [4.69, 9.17) is 16.0 Å². The average molecular weight is 441 g/mol. The number of halogens is 1. The molecular formula is C25H25ClO3S. The fourth-order valence-corrected chi connectivity index (χ4v) is 5.52. The largest absolute Gasteiger partial charge is 0.507 e. The van der Waals surface area contributed by atoms with E-state index in [1.165, 1.54) is 12.8 Å². The van der Waals surface area contributed by atoms with Crippen molar-refractivity contribution in [3.05, 3.63) is 85.1 Å². The highest BCUT2D eigenvalue weighted by atomic mass is 35.5. The number of thiophene rings is 1. The summed E-state index contributed by atoms with van der Waals surface area (Å²) in [5, 5.41) is 13.7. The smallest absolute Gasteiger partial charge is 0.343 e. The summed E-state index contributed by atoms with van der Waals surface area (Å²) >= 11 is 7.67. The molecule has 2 aromatic heterocycles. The number of hydrogen-bond donors (Lipinski definition) is 1. The lowest BCUT2D eigenvalue weighted by atomic mass is 9.89. The van der Waals surface area contributed by atoms with Crippen LogP contribution in [0, 0.1) is 11.8 Å². The molecule has 0 aliphatic heterocycles. The van der Waals surface area contributed by atoms with E-state index in [9.17, 15) is 9.90 Å². The lowest BCUT2D eigenvalue weighted by Gasteiger charge is -2.19. The maximum Gasteiger partial charge on any atom is 0.343 e. The molecule has 2 aliphatic rings. The molecule has 2 fully saturated rings. The Kier molecular flexibility index (Phi) is 5.46. The Morgan fingerprint density at radius 3 is 2.50 bits per heavy atom. The van der Waals surface area contributed by atoms with Gasteiger partial charge < -0.3 is 9.52 Å². The minimum atomic E-state index is -0.382. The molecule has 30 heavy (non-hydrogen) atoms. The fraction of sp³-hybridized carbons (Fsp3) is 0.400. The summed E-state index contributed by atoms with van der Waals surface area (Å²) in [5.74, 6) is 1.80. The lowest BCUT2D eigenvalue weighted by molar-refractivity contribution is 0.371. The van der Waals surface area contributed by atoms with E-state index < -0.39 is 0 Å². The number of benzene rings is 1. The minimum absolute atomic E-state index is 0.0616. The molecule has 0 saturated heterocycles. The van der Waals surface area contributed by atoms with E-state index in [-0.39, 0.29) is 23.2 Å². The first-order valence-corrected chi connectivity index (χ1v) is 12.0. The maximum absolute atomic E-state index is 13.1. The second-order valence-corrected chi connectivity index (χ2v) is 10.2. The third-order valence-corrected chi connectivity index (χ3v) is 7.56. The van der Waals surface area contributed by atoms with Crippen LogP contribution in [0.1, 0.15) is 65.7 Å². The zero-order valence-electron chi connectivity index (χ0n) is 16.7. The summed E-state index contributed by atoms with van der Waals surface area (Å²) in [7, 11) is 0. The number of aromatic hydroxyl groups is 1. The molecule has 5 heteroatoms.